The lowest BCUT2D eigenvalue weighted by molar-refractivity contribution is -0.0732. The highest BCUT2D eigenvalue weighted by Crippen LogP contribution is 2.38. The van der Waals surface area contributed by atoms with Gasteiger partial charge in [-0.3, -0.25) is 0 Å². The van der Waals surface area contributed by atoms with Gasteiger partial charge in [-0.15, -0.1) is 0 Å². The summed E-state index contributed by atoms with van der Waals surface area (Å²) in [5.74, 6) is 2.47. The Morgan fingerprint density at radius 3 is 3.06 bits per heavy atom. The van der Waals surface area contributed by atoms with Gasteiger partial charge in [0.25, 0.3) is 0 Å². The molecule has 2 heterocycles. The van der Waals surface area contributed by atoms with Gasteiger partial charge in [-0.2, -0.15) is 11.8 Å². The first-order valence-electron chi connectivity index (χ1n) is 7.32. The van der Waals surface area contributed by atoms with Crippen LogP contribution in [0.15, 0.2) is 0 Å². The zero-order chi connectivity index (χ0) is 12.4. The highest BCUT2D eigenvalue weighted by molar-refractivity contribution is 7.99. The molecule has 0 bridgehead atoms. The predicted octanol–water partition coefficient (Wildman–Crippen LogP) is 2.20. The quantitative estimate of drug-likeness (QED) is 0.852. The Morgan fingerprint density at radius 2 is 2.28 bits per heavy atom. The topological polar surface area (TPSA) is 30.5 Å². The molecule has 1 saturated carbocycles. The molecule has 2 aliphatic heterocycles. The minimum absolute atomic E-state index is 0.196. The minimum Gasteiger partial charge on any atom is -0.380 e. The van der Waals surface area contributed by atoms with Gasteiger partial charge in [0.2, 0.25) is 0 Å². The monoisotopic (exact) mass is 271 g/mol. The number of rotatable bonds is 3. The molecular formula is C14H25NO2S. The largest absolute Gasteiger partial charge is 0.380 e. The third-order valence-corrected chi connectivity index (χ3v) is 5.99. The van der Waals surface area contributed by atoms with Gasteiger partial charge in [0.15, 0.2) is 0 Å². The first-order chi connectivity index (χ1) is 8.81. The van der Waals surface area contributed by atoms with Crippen molar-refractivity contribution in [2.45, 2.75) is 62.3 Å². The van der Waals surface area contributed by atoms with Crippen LogP contribution in [0.5, 0.6) is 0 Å². The molecule has 4 heteroatoms. The van der Waals surface area contributed by atoms with E-state index in [1.165, 1.54) is 50.0 Å². The lowest BCUT2D eigenvalue weighted by Crippen LogP contribution is -2.51. The van der Waals surface area contributed by atoms with E-state index in [-0.39, 0.29) is 5.60 Å². The van der Waals surface area contributed by atoms with Crippen LogP contribution in [0.4, 0.5) is 0 Å². The van der Waals surface area contributed by atoms with Crippen molar-refractivity contribution in [2.75, 3.05) is 25.2 Å². The average Bonchev–Trinajstić information content (AvgIpc) is 2.99. The number of methoxy groups -OCH3 is 1. The van der Waals surface area contributed by atoms with Crippen molar-refractivity contribution in [1.29, 1.82) is 0 Å². The summed E-state index contributed by atoms with van der Waals surface area (Å²) in [5.41, 5.74) is 0.196. The molecule has 3 fully saturated rings. The Hall–Kier alpha value is 0.230. The van der Waals surface area contributed by atoms with Crippen molar-refractivity contribution < 1.29 is 9.47 Å². The van der Waals surface area contributed by atoms with Crippen LogP contribution >= 0.6 is 11.8 Å². The van der Waals surface area contributed by atoms with Crippen LogP contribution in [0, 0.1) is 0 Å². The van der Waals surface area contributed by atoms with Gasteiger partial charge in [0.05, 0.1) is 11.7 Å². The Balaban J connectivity index is 1.56. The molecule has 1 spiro atoms. The maximum atomic E-state index is 6.08. The van der Waals surface area contributed by atoms with Crippen LogP contribution < -0.4 is 5.32 Å². The normalized spacial score (nSPS) is 44.8. The third-order valence-electron chi connectivity index (χ3n) is 4.77. The molecule has 2 saturated heterocycles. The van der Waals surface area contributed by atoms with Crippen LogP contribution in [0.2, 0.25) is 0 Å². The lowest BCUT2D eigenvalue weighted by Gasteiger charge is -2.39. The summed E-state index contributed by atoms with van der Waals surface area (Å²) in [6.45, 7) is 0.933. The molecular weight excluding hydrogens is 246 g/mol. The van der Waals surface area contributed by atoms with Gasteiger partial charge in [0.1, 0.15) is 0 Å². The van der Waals surface area contributed by atoms with Gasteiger partial charge in [-0.25, -0.2) is 0 Å². The third kappa shape index (κ3) is 2.72. The number of hydrogen-bond acceptors (Lipinski definition) is 4. The summed E-state index contributed by atoms with van der Waals surface area (Å²) >= 11 is 2.05. The van der Waals surface area contributed by atoms with Crippen molar-refractivity contribution >= 4 is 11.8 Å². The molecule has 0 radical (unpaired) electrons. The van der Waals surface area contributed by atoms with Crippen molar-refractivity contribution in [3.05, 3.63) is 0 Å². The van der Waals surface area contributed by atoms with Crippen LogP contribution in [0.25, 0.3) is 0 Å². The molecule has 1 N–H and O–H groups in total. The minimum atomic E-state index is 0.196. The molecule has 0 amide bonds. The number of nitrogens with one attached hydrogen (secondary N) is 1. The second-order valence-corrected chi connectivity index (χ2v) is 7.11. The maximum Gasteiger partial charge on any atom is 0.0795 e. The molecule has 1 aliphatic carbocycles. The molecule has 0 aromatic carbocycles. The second-order valence-electron chi connectivity index (χ2n) is 6.00. The number of thioether (sulfide) groups is 1. The van der Waals surface area contributed by atoms with Crippen molar-refractivity contribution in [3.8, 4) is 0 Å². The van der Waals surface area contributed by atoms with E-state index in [1.54, 1.807) is 0 Å². The molecule has 4 atom stereocenters. The van der Waals surface area contributed by atoms with Gasteiger partial charge >= 0.3 is 0 Å². The molecule has 18 heavy (non-hydrogen) atoms. The standard InChI is InChI=1S/C14H25NO2S/c1-16-13-4-2-3-12(13)15-11-5-7-17-14(9-11)6-8-18-10-14/h11-13,15H,2-10H2,1H3. The van der Waals surface area contributed by atoms with Gasteiger partial charge in [-0.1, -0.05) is 0 Å². The molecule has 104 valence electrons. The fourth-order valence-corrected chi connectivity index (χ4v) is 5.11. The lowest BCUT2D eigenvalue weighted by atomic mass is 9.89. The van der Waals surface area contributed by atoms with Crippen LogP contribution in [-0.4, -0.2) is 49.0 Å². The average molecular weight is 271 g/mol. The van der Waals surface area contributed by atoms with E-state index in [4.69, 9.17) is 9.47 Å². The Bertz CT molecular complexity index is 281. The highest BCUT2D eigenvalue weighted by atomic mass is 32.2. The van der Waals surface area contributed by atoms with E-state index in [2.05, 4.69) is 17.1 Å². The second kappa shape index (κ2) is 5.70. The van der Waals surface area contributed by atoms with Gasteiger partial charge in [-0.05, 0) is 44.3 Å². The predicted molar refractivity (Wildman–Crippen MR) is 75.2 cm³/mol. The van der Waals surface area contributed by atoms with E-state index in [9.17, 15) is 0 Å². The fraction of sp³-hybridized carbons (Fsp3) is 1.00. The molecule has 0 aromatic rings. The Kier molecular flexibility index (Phi) is 4.18. The molecule has 3 aliphatic rings. The molecule has 3 rings (SSSR count). The zero-order valence-electron chi connectivity index (χ0n) is 11.3. The van der Waals surface area contributed by atoms with Gasteiger partial charge in [0, 0.05) is 31.6 Å². The highest BCUT2D eigenvalue weighted by Gasteiger charge is 2.41. The first kappa shape index (κ1) is 13.2. The Morgan fingerprint density at radius 1 is 1.33 bits per heavy atom. The fourth-order valence-electron chi connectivity index (χ4n) is 3.73. The van der Waals surface area contributed by atoms with E-state index >= 15 is 0 Å². The maximum absolute atomic E-state index is 6.08. The molecule has 4 unspecified atom stereocenters. The number of ether oxygens (including phenoxy) is 2. The van der Waals surface area contributed by atoms with E-state index < -0.39 is 0 Å². The summed E-state index contributed by atoms with van der Waals surface area (Å²) in [6, 6.07) is 1.21. The van der Waals surface area contributed by atoms with Crippen LogP contribution in [0.3, 0.4) is 0 Å². The first-order valence-corrected chi connectivity index (χ1v) is 8.47. The zero-order valence-corrected chi connectivity index (χ0v) is 12.1. The van der Waals surface area contributed by atoms with Crippen molar-refractivity contribution in [2.24, 2.45) is 0 Å². The summed E-state index contributed by atoms with van der Waals surface area (Å²) in [6.07, 6.45) is 7.85. The van der Waals surface area contributed by atoms with Gasteiger partial charge < -0.3 is 14.8 Å². The van der Waals surface area contributed by atoms with Crippen molar-refractivity contribution in [3.63, 3.8) is 0 Å². The van der Waals surface area contributed by atoms with E-state index in [0.717, 1.165) is 6.61 Å². The summed E-state index contributed by atoms with van der Waals surface area (Å²) in [7, 11) is 1.85. The number of hydrogen-bond donors (Lipinski definition) is 1. The van der Waals surface area contributed by atoms with E-state index in [0.29, 0.717) is 18.2 Å². The van der Waals surface area contributed by atoms with E-state index in [1.807, 2.05) is 7.11 Å². The summed E-state index contributed by atoms with van der Waals surface area (Å²) < 4.78 is 11.7. The molecule has 0 aromatic heterocycles. The SMILES string of the molecule is COC1CCCC1NC1CCOC2(CCSC2)C1. The van der Waals surface area contributed by atoms with Crippen LogP contribution in [0.1, 0.15) is 38.5 Å². The molecule has 3 nitrogen and oxygen atoms in total. The Labute approximate surface area is 114 Å². The smallest absolute Gasteiger partial charge is 0.0795 e. The van der Waals surface area contributed by atoms with Crippen molar-refractivity contribution in [1.82, 2.24) is 5.32 Å². The summed E-state index contributed by atoms with van der Waals surface area (Å²) in [4.78, 5) is 0. The van der Waals surface area contributed by atoms with Crippen LogP contribution in [-0.2, 0) is 9.47 Å². The summed E-state index contributed by atoms with van der Waals surface area (Å²) in [5, 5.41) is 3.86.